The van der Waals surface area contributed by atoms with E-state index in [4.69, 9.17) is 0 Å². The van der Waals surface area contributed by atoms with Crippen molar-refractivity contribution in [2.45, 2.75) is 30.7 Å². The second-order valence-electron chi connectivity index (χ2n) is 4.41. The average molecular weight is 292 g/mol. The highest BCUT2D eigenvalue weighted by Crippen LogP contribution is 2.33. The van der Waals surface area contributed by atoms with Crippen molar-refractivity contribution in [2.75, 3.05) is 5.75 Å². The van der Waals surface area contributed by atoms with Gasteiger partial charge in [-0.1, -0.05) is 12.5 Å². The van der Waals surface area contributed by atoms with Crippen LogP contribution in [0.3, 0.4) is 0 Å². The summed E-state index contributed by atoms with van der Waals surface area (Å²) in [5.41, 5.74) is -1.31. The number of rotatable bonds is 2. The van der Waals surface area contributed by atoms with Crippen LogP contribution < -0.4 is 0 Å². The third-order valence-electron chi connectivity index (χ3n) is 3.03. The molecule has 0 spiro atoms. The van der Waals surface area contributed by atoms with Crippen LogP contribution in [0.25, 0.3) is 0 Å². The molecule has 1 aliphatic rings. The molecule has 0 amide bonds. The van der Waals surface area contributed by atoms with Gasteiger partial charge in [0, 0.05) is 5.56 Å². The van der Waals surface area contributed by atoms with E-state index in [0.717, 1.165) is 24.7 Å². The Balaban J connectivity index is 2.22. The van der Waals surface area contributed by atoms with Crippen molar-refractivity contribution in [3.05, 3.63) is 35.1 Å². The molecule has 1 aliphatic heterocycles. The second kappa shape index (κ2) is 5.53. The lowest BCUT2D eigenvalue weighted by Crippen LogP contribution is -2.21. The van der Waals surface area contributed by atoms with E-state index >= 15 is 0 Å². The standard InChI is InChI=1S/C13H12F4OS/c14-10-7-8(4-5-9(10)13(15,16)17)12(18)11-3-1-2-6-19-11/h4-5,7,11H,1-3,6H2. The van der Waals surface area contributed by atoms with Crippen LogP contribution >= 0.6 is 11.8 Å². The molecule has 1 aromatic rings. The summed E-state index contributed by atoms with van der Waals surface area (Å²) in [6.07, 6.45) is -2.07. The SMILES string of the molecule is O=C(c1ccc(C(F)(F)F)c(F)c1)C1CCCCS1. The molecule has 0 saturated carbocycles. The number of ketones is 1. The molecular weight excluding hydrogens is 280 g/mol. The topological polar surface area (TPSA) is 17.1 Å². The van der Waals surface area contributed by atoms with Gasteiger partial charge in [-0.05, 0) is 30.7 Å². The number of Topliss-reactive ketones (excluding diaryl/α,β-unsaturated/α-hetero) is 1. The van der Waals surface area contributed by atoms with Crippen LogP contribution in [0.4, 0.5) is 17.6 Å². The zero-order chi connectivity index (χ0) is 14.0. The molecule has 1 aromatic carbocycles. The van der Waals surface area contributed by atoms with Gasteiger partial charge in [-0.15, -0.1) is 0 Å². The lowest BCUT2D eigenvalue weighted by atomic mass is 10.0. The minimum absolute atomic E-state index is 0.0184. The van der Waals surface area contributed by atoms with E-state index in [-0.39, 0.29) is 16.6 Å². The van der Waals surface area contributed by atoms with Crippen molar-refractivity contribution in [2.24, 2.45) is 0 Å². The first kappa shape index (κ1) is 14.4. The van der Waals surface area contributed by atoms with Crippen molar-refractivity contribution in [3.63, 3.8) is 0 Å². The molecule has 1 saturated heterocycles. The highest BCUT2D eigenvalue weighted by atomic mass is 32.2. The third-order valence-corrected chi connectivity index (χ3v) is 4.41. The minimum atomic E-state index is -4.73. The van der Waals surface area contributed by atoms with Gasteiger partial charge < -0.3 is 0 Å². The lowest BCUT2D eigenvalue weighted by molar-refractivity contribution is -0.140. The van der Waals surface area contributed by atoms with E-state index in [1.807, 2.05) is 0 Å². The van der Waals surface area contributed by atoms with E-state index in [1.165, 1.54) is 11.8 Å². The largest absolute Gasteiger partial charge is 0.419 e. The number of hydrogen-bond acceptors (Lipinski definition) is 2. The summed E-state index contributed by atoms with van der Waals surface area (Å²) in [6, 6.07) is 2.39. The lowest BCUT2D eigenvalue weighted by Gasteiger charge is -2.20. The molecule has 0 aliphatic carbocycles. The van der Waals surface area contributed by atoms with Gasteiger partial charge in [-0.25, -0.2) is 4.39 Å². The number of hydrogen-bond donors (Lipinski definition) is 0. The Labute approximate surface area is 112 Å². The molecular formula is C13H12F4OS. The Hall–Kier alpha value is -1.04. The molecule has 104 valence electrons. The maximum Gasteiger partial charge on any atom is 0.419 e. The van der Waals surface area contributed by atoms with Crippen molar-refractivity contribution in [1.29, 1.82) is 0 Å². The summed E-state index contributed by atoms with van der Waals surface area (Å²) in [6.45, 7) is 0. The second-order valence-corrected chi connectivity index (χ2v) is 5.72. The number of carbonyl (C=O) groups excluding carboxylic acids is 1. The van der Waals surface area contributed by atoms with E-state index in [1.54, 1.807) is 0 Å². The summed E-state index contributed by atoms with van der Waals surface area (Å²) in [4.78, 5) is 12.0. The van der Waals surface area contributed by atoms with E-state index in [0.29, 0.717) is 18.6 Å². The summed E-state index contributed by atoms with van der Waals surface area (Å²) in [5.74, 6) is -0.809. The first-order valence-electron chi connectivity index (χ1n) is 5.92. The third kappa shape index (κ3) is 3.29. The molecule has 1 unspecified atom stereocenters. The zero-order valence-electron chi connectivity index (χ0n) is 9.97. The first-order valence-corrected chi connectivity index (χ1v) is 6.97. The Kier molecular flexibility index (Phi) is 4.18. The van der Waals surface area contributed by atoms with Gasteiger partial charge in [-0.2, -0.15) is 24.9 Å². The molecule has 0 aromatic heterocycles. The molecule has 0 bridgehead atoms. The molecule has 1 fully saturated rings. The van der Waals surface area contributed by atoms with Gasteiger partial charge in [0.25, 0.3) is 0 Å². The summed E-state index contributed by atoms with van der Waals surface area (Å²) >= 11 is 1.49. The van der Waals surface area contributed by atoms with Gasteiger partial charge in [-0.3, -0.25) is 4.79 Å². The molecule has 19 heavy (non-hydrogen) atoms. The quantitative estimate of drug-likeness (QED) is 0.596. The number of carbonyl (C=O) groups is 1. The average Bonchev–Trinajstić information content (AvgIpc) is 2.37. The molecule has 1 nitrogen and oxygen atoms in total. The zero-order valence-corrected chi connectivity index (χ0v) is 10.8. The van der Waals surface area contributed by atoms with Gasteiger partial charge in [0.05, 0.1) is 10.8 Å². The van der Waals surface area contributed by atoms with E-state index in [9.17, 15) is 22.4 Å². The van der Waals surface area contributed by atoms with Gasteiger partial charge in [0.1, 0.15) is 5.82 Å². The molecule has 1 heterocycles. The van der Waals surface area contributed by atoms with E-state index < -0.39 is 17.6 Å². The van der Waals surface area contributed by atoms with Crippen LogP contribution in [0, 0.1) is 5.82 Å². The predicted octanol–water partition coefficient (Wildman–Crippen LogP) is 4.31. The highest BCUT2D eigenvalue weighted by Gasteiger charge is 2.34. The predicted molar refractivity (Wildman–Crippen MR) is 65.8 cm³/mol. The maximum absolute atomic E-state index is 13.4. The fraction of sp³-hybridized carbons (Fsp3) is 0.462. The monoisotopic (exact) mass is 292 g/mol. The van der Waals surface area contributed by atoms with Crippen LogP contribution in [-0.2, 0) is 6.18 Å². The number of benzene rings is 1. The van der Waals surface area contributed by atoms with Gasteiger partial charge in [0.2, 0.25) is 0 Å². The van der Waals surface area contributed by atoms with Crippen LogP contribution in [0.15, 0.2) is 18.2 Å². The molecule has 0 N–H and O–H groups in total. The Morgan fingerprint density at radius 1 is 1.26 bits per heavy atom. The van der Waals surface area contributed by atoms with Crippen LogP contribution in [-0.4, -0.2) is 16.8 Å². The van der Waals surface area contributed by atoms with Crippen LogP contribution in [0.1, 0.15) is 35.2 Å². The fourth-order valence-electron chi connectivity index (χ4n) is 2.03. The fourth-order valence-corrected chi connectivity index (χ4v) is 3.31. The van der Waals surface area contributed by atoms with Crippen molar-refractivity contribution in [1.82, 2.24) is 0 Å². The number of halogens is 4. The van der Waals surface area contributed by atoms with Crippen molar-refractivity contribution < 1.29 is 22.4 Å². The number of alkyl halides is 3. The Morgan fingerprint density at radius 3 is 2.53 bits per heavy atom. The molecule has 1 atom stereocenters. The summed E-state index contributed by atoms with van der Waals surface area (Å²) in [7, 11) is 0. The van der Waals surface area contributed by atoms with Crippen molar-refractivity contribution in [3.8, 4) is 0 Å². The molecule has 6 heteroatoms. The molecule has 2 rings (SSSR count). The number of thioether (sulfide) groups is 1. The van der Waals surface area contributed by atoms with Gasteiger partial charge in [0.15, 0.2) is 5.78 Å². The Morgan fingerprint density at radius 2 is 2.00 bits per heavy atom. The molecule has 0 radical (unpaired) electrons. The van der Waals surface area contributed by atoms with E-state index in [2.05, 4.69) is 0 Å². The smallest absolute Gasteiger partial charge is 0.293 e. The highest BCUT2D eigenvalue weighted by molar-refractivity contribution is 8.00. The van der Waals surface area contributed by atoms with Crippen molar-refractivity contribution >= 4 is 17.5 Å². The summed E-state index contributed by atoms with van der Waals surface area (Å²) in [5, 5.41) is -0.259. The minimum Gasteiger partial charge on any atom is -0.293 e. The van der Waals surface area contributed by atoms with Crippen LogP contribution in [0.5, 0.6) is 0 Å². The maximum atomic E-state index is 13.4. The Bertz CT molecular complexity index is 478. The first-order chi connectivity index (χ1) is 8.89. The van der Waals surface area contributed by atoms with Crippen LogP contribution in [0.2, 0.25) is 0 Å². The van der Waals surface area contributed by atoms with Gasteiger partial charge >= 0.3 is 6.18 Å². The normalized spacial score (nSPS) is 20.3. The summed E-state index contributed by atoms with van der Waals surface area (Å²) < 4.78 is 50.6.